The van der Waals surface area contributed by atoms with Crippen molar-refractivity contribution in [3.63, 3.8) is 0 Å². The second kappa shape index (κ2) is 9.83. The lowest BCUT2D eigenvalue weighted by Gasteiger charge is -2.21. The quantitative estimate of drug-likeness (QED) is 0.532. The standard InChI is InChI=1S/C14H29NO/c1-5-7-8-9-11-15(10-6-2)12-14(16)13(3)4/h13H,5-12H2,1-4H3. The lowest BCUT2D eigenvalue weighted by molar-refractivity contribution is -0.123. The SMILES string of the molecule is CCCCCCN(CCC)CC(=O)C(C)C. The molecule has 0 aliphatic carbocycles. The van der Waals surface area contributed by atoms with Gasteiger partial charge in [-0.25, -0.2) is 0 Å². The summed E-state index contributed by atoms with van der Waals surface area (Å²) in [6, 6.07) is 0. The van der Waals surface area contributed by atoms with Gasteiger partial charge in [0.15, 0.2) is 0 Å². The van der Waals surface area contributed by atoms with Gasteiger partial charge in [0, 0.05) is 5.92 Å². The van der Waals surface area contributed by atoms with E-state index in [0.717, 1.165) is 19.5 Å². The van der Waals surface area contributed by atoms with Gasteiger partial charge in [0.05, 0.1) is 6.54 Å². The molecule has 0 spiro atoms. The highest BCUT2D eigenvalue weighted by molar-refractivity contribution is 5.82. The zero-order chi connectivity index (χ0) is 12.4. The molecule has 0 aliphatic rings. The fourth-order valence-electron chi connectivity index (χ4n) is 1.75. The maximum atomic E-state index is 11.7. The molecule has 0 aliphatic heterocycles. The lowest BCUT2D eigenvalue weighted by Crippen LogP contribution is -2.33. The minimum Gasteiger partial charge on any atom is -0.298 e. The molecule has 0 saturated carbocycles. The van der Waals surface area contributed by atoms with Crippen LogP contribution in [-0.2, 0) is 4.79 Å². The van der Waals surface area contributed by atoms with E-state index in [9.17, 15) is 4.79 Å². The van der Waals surface area contributed by atoms with E-state index in [1.54, 1.807) is 0 Å². The van der Waals surface area contributed by atoms with Crippen LogP contribution in [-0.4, -0.2) is 30.3 Å². The van der Waals surface area contributed by atoms with Crippen molar-refractivity contribution < 1.29 is 4.79 Å². The Morgan fingerprint density at radius 3 is 2.19 bits per heavy atom. The van der Waals surface area contributed by atoms with Crippen molar-refractivity contribution in [1.29, 1.82) is 0 Å². The van der Waals surface area contributed by atoms with E-state index in [4.69, 9.17) is 0 Å². The summed E-state index contributed by atoms with van der Waals surface area (Å²) in [7, 11) is 0. The molecule has 0 unspecified atom stereocenters. The third-order valence-corrected chi connectivity index (χ3v) is 2.89. The highest BCUT2D eigenvalue weighted by Crippen LogP contribution is 2.04. The number of carbonyl (C=O) groups is 1. The number of unbranched alkanes of at least 4 members (excludes halogenated alkanes) is 3. The molecular weight excluding hydrogens is 198 g/mol. The second-order valence-electron chi connectivity index (χ2n) is 4.96. The molecule has 96 valence electrons. The molecule has 0 N–H and O–H groups in total. The summed E-state index contributed by atoms with van der Waals surface area (Å²) in [5, 5.41) is 0. The zero-order valence-corrected chi connectivity index (χ0v) is 11.6. The average Bonchev–Trinajstić information content (AvgIpc) is 2.24. The van der Waals surface area contributed by atoms with Crippen LogP contribution in [0.2, 0.25) is 0 Å². The van der Waals surface area contributed by atoms with Crippen molar-refractivity contribution in [2.75, 3.05) is 19.6 Å². The molecule has 0 aromatic carbocycles. The Morgan fingerprint density at radius 2 is 1.69 bits per heavy atom. The monoisotopic (exact) mass is 227 g/mol. The van der Waals surface area contributed by atoms with E-state index < -0.39 is 0 Å². The average molecular weight is 227 g/mol. The molecule has 0 bridgehead atoms. The van der Waals surface area contributed by atoms with E-state index in [0.29, 0.717) is 12.3 Å². The number of hydrogen-bond donors (Lipinski definition) is 0. The number of hydrogen-bond acceptors (Lipinski definition) is 2. The van der Waals surface area contributed by atoms with Crippen LogP contribution in [0, 0.1) is 5.92 Å². The van der Waals surface area contributed by atoms with Gasteiger partial charge in [-0.05, 0) is 25.9 Å². The molecule has 0 aromatic rings. The second-order valence-corrected chi connectivity index (χ2v) is 4.96. The minimum atomic E-state index is 0.176. The minimum absolute atomic E-state index is 0.176. The van der Waals surface area contributed by atoms with Gasteiger partial charge in [-0.3, -0.25) is 9.69 Å². The van der Waals surface area contributed by atoms with Crippen molar-refractivity contribution in [2.45, 2.75) is 59.8 Å². The number of ketones is 1. The fraction of sp³-hybridized carbons (Fsp3) is 0.929. The number of nitrogens with zero attached hydrogens (tertiary/aromatic N) is 1. The summed E-state index contributed by atoms with van der Waals surface area (Å²) in [4.78, 5) is 14.0. The van der Waals surface area contributed by atoms with Gasteiger partial charge in [0.2, 0.25) is 0 Å². The third-order valence-electron chi connectivity index (χ3n) is 2.89. The van der Waals surface area contributed by atoms with Crippen molar-refractivity contribution >= 4 is 5.78 Å². The molecule has 0 radical (unpaired) electrons. The first-order valence-corrected chi connectivity index (χ1v) is 6.86. The van der Waals surface area contributed by atoms with E-state index in [1.807, 2.05) is 13.8 Å². The third kappa shape index (κ3) is 7.86. The first-order valence-electron chi connectivity index (χ1n) is 6.86. The van der Waals surface area contributed by atoms with Crippen LogP contribution in [0.15, 0.2) is 0 Å². The van der Waals surface area contributed by atoms with Crippen LogP contribution in [0.3, 0.4) is 0 Å². The maximum absolute atomic E-state index is 11.7. The summed E-state index contributed by atoms with van der Waals surface area (Å²) in [5.74, 6) is 0.555. The first-order chi connectivity index (χ1) is 7.61. The van der Waals surface area contributed by atoms with Gasteiger partial charge < -0.3 is 0 Å². The summed E-state index contributed by atoms with van der Waals surface area (Å²) in [5.41, 5.74) is 0. The molecule has 0 amide bonds. The molecule has 0 rings (SSSR count). The van der Waals surface area contributed by atoms with Gasteiger partial charge >= 0.3 is 0 Å². The summed E-state index contributed by atoms with van der Waals surface area (Å²) in [6.07, 6.45) is 6.27. The Bertz CT molecular complexity index is 178. The number of carbonyl (C=O) groups excluding carboxylic acids is 1. The summed E-state index contributed by atoms with van der Waals surface area (Å²) in [6.45, 7) is 11.2. The Kier molecular flexibility index (Phi) is 9.60. The highest BCUT2D eigenvalue weighted by atomic mass is 16.1. The van der Waals surface area contributed by atoms with Crippen LogP contribution < -0.4 is 0 Å². The van der Waals surface area contributed by atoms with Gasteiger partial charge in [-0.2, -0.15) is 0 Å². The van der Waals surface area contributed by atoms with Crippen molar-refractivity contribution in [2.24, 2.45) is 5.92 Å². The largest absolute Gasteiger partial charge is 0.298 e. The van der Waals surface area contributed by atoms with Crippen LogP contribution in [0.25, 0.3) is 0 Å². The maximum Gasteiger partial charge on any atom is 0.149 e. The number of Topliss-reactive ketones (excluding diaryl/α,β-unsaturated/α-hetero) is 1. The Labute approximate surface area is 101 Å². The van der Waals surface area contributed by atoms with Crippen LogP contribution in [0.1, 0.15) is 59.8 Å². The molecule has 0 saturated heterocycles. The fourth-order valence-corrected chi connectivity index (χ4v) is 1.75. The van der Waals surface area contributed by atoms with Crippen molar-refractivity contribution in [3.8, 4) is 0 Å². The predicted octanol–water partition coefficient (Wildman–Crippen LogP) is 3.50. The molecule has 0 atom stereocenters. The van der Waals surface area contributed by atoms with Crippen LogP contribution >= 0.6 is 0 Å². The van der Waals surface area contributed by atoms with Gasteiger partial charge in [-0.1, -0.05) is 47.0 Å². The molecule has 16 heavy (non-hydrogen) atoms. The molecule has 0 aromatic heterocycles. The molecule has 2 heteroatoms. The first kappa shape index (κ1) is 15.6. The van der Waals surface area contributed by atoms with Crippen molar-refractivity contribution in [3.05, 3.63) is 0 Å². The van der Waals surface area contributed by atoms with E-state index >= 15 is 0 Å². The number of rotatable bonds is 10. The lowest BCUT2D eigenvalue weighted by atomic mass is 10.1. The molecule has 0 fully saturated rings. The Morgan fingerprint density at radius 1 is 1.00 bits per heavy atom. The van der Waals surface area contributed by atoms with E-state index in [1.165, 1.54) is 25.7 Å². The smallest absolute Gasteiger partial charge is 0.149 e. The van der Waals surface area contributed by atoms with Crippen LogP contribution in [0.5, 0.6) is 0 Å². The summed E-state index contributed by atoms with van der Waals surface area (Å²) >= 11 is 0. The van der Waals surface area contributed by atoms with Gasteiger partial charge in [-0.15, -0.1) is 0 Å². The van der Waals surface area contributed by atoms with Crippen molar-refractivity contribution in [1.82, 2.24) is 4.90 Å². The highest BCUT2D eigenvalue weighted by Gasteiger charge is 2.12. The van der Waals surface area contributed by atoms with Gasteiger partial charge in [0.1, 0.15) is 5.78 Å². The Hall–Kier alpha value is -0.370. The summed E-state index contributed by atoms with van der Waals surface area (Å²) < 4.78 is 0. The molecule has 0 heterocycles. The van der Waals surface area contributed by atoms with Crippen LogP contribution in [0.4, 0.5) is 0 Å². The predicted molar refractivity (Wildman–Crippen MR) is 70.7 cm³/mol. The molecular formula is C14H29NO. The normalized spacial score (nSPS) is 11.4. The van der Waals surface area contributed by atoms with Gasteiger partial charge in [0.25, 0.3) is 0 Å². The zero-order valence-electron chi connectivity index (χ0n) is 11.6. The van der Waals surface area contributed by atoms with E-state index in [2.05, 4.69) is 18.7 Å². The molecule has 2 nitrogen and oxygen atoms in total. The topological polar surface area (TPSA) is 20.3 Å². The van der Waals surface area contributed by atoms with E-state index in [-0.39, 0.29) is 5.92 Å². The Balaban J connectivity index is 3.82.